The summed E-state index contributed by atoms with van der Waals surface area (Å²) in [5.41, 5.74) is 4.50. The van der Waals surface area contributed by atoms with Crippen molar-refractivity contribution in [2.45, 2.75) is 19.8 Å². The molecule has 0 unspecified atom stereocenters. The van der Waals surface area contributed by atoms with Gasteiger partial charge in [0, 0.05) is 23.7 Å². The largest absolute Gasteiger partial charge is 0.454 e. The molecular weight excluding hydrogens is 382 g/mol. The Morgan fingerprint density at radius 1 is 1.00 bits per heavy atom. The van der Waals surface area contributed by atoms with Crippen LogP contribution in [0.2, 0.25) is 0 Å². The second-order valence-electron chi connectivity index (χ2n) is 7.40. The highest BCUT2D eigenvalue weighted by Gasteiger charge is 2.18. The predicted octanol–water partition coefficient (Wildman–Crippen LogP) is 5.98. The monoisotopic (exact) mass is 403 g/mol. The molecule has 29 heavy (non-hydrogen) atoms. The molecule has 0 saturated carbocycles. The van der Waals surface area contributed by atoms with Crippen molar-refractivity contribution in [3.05, 3.63) is 60.4 Å². The Kier molecular flexibility index (Phi) is 4.36. The minimum Gasteiger partial charge on any atom is -0.454 e. The molecule has 2 aromatic heterocycles. The first-order chi connectivity index (χ1) is 14.1. The molecule has 0 bridgehead atoms. The summed E-state index contributed by atoms with van der Waals surface area (Å²) in [6.45, 7) is 4.70. The maximum absolute atomic E-state index is 5.53. The second-order valence-corrected chi connectivity index (χ2v) is 8.45. The predicted molar refractivity (Wildman–Crippen MR) is 118 cm³/mol. The van der Waals surface area contributed by atoms with Crippen LogP contribution in [0.4, 0.5) is 11.5 Å². The van der Waals surface area contributed by atoms with E-state index in [1.807, 2.05) is 25.2 Å². The fourth-order valence-electron chi connectivity index (χ4n) is 3.49. The van der Waals surface area contributed by atoms with Gasteiger partial charge in [0.2, 0.25) is 6.79 Å². The third-order valence-corrected chi connectivity index (χ3v) is 6.36. The van der Waals surface area contributed by atoms with Gasteiger partial charge in [-0.05, 0) is 35.2 Å². The quantitative estimate of drug-likeness (QED) is 0.420. The summed E-state index contributed by atoms with van der Waals surface area (Å²) in [5, 5.41) is 0. The lowest BCUT2D eigenvalue weighted by molar-refractivity contribution is 0.174. The molecule has 3 heterocycles. The van der Waals surface area contributed by atoms with Gasteiger partial charge in [-0.2, -0.15) is 0 Å². The molecule has 5 nitrogen and oxygen atoms in total. The van der Waals surface area contributed by atoms with E-state index in [4.69, 9.17) is 9.47 Å². The normalized spacial score (nSPS) is 12.7. The molecule has 4 aromatic rings. The summed E-state index contributed by atoms with van der Waals surface area (Å²) >= 11 is 1.72. The number of hydrogen-bond acceptors (Lipinski definition) is 6. The summed E-state index contributed by atoms with van der Waals surface area (Å²) in [6.07, 6.45) is 1.63. The minimum atomic E-state index is 0.268. The molecule has 0 amide bonds. The molecule has 0 spiro atoms. The third-order valence-electron chi connectivity index (χ3n) is 5.19. The number of nitrogens with zero attached hydrogens (tertiary/aromatic N) is 3. The smallest absolute Gasteiger partial charge is 0.231 e. The van der Waals surface area contributed by atoms with Crippen molar-refractivity contribution in [3.8, 4) is 21.9 Å². The standard InChI is InChI=1S/C23H21N3O2S/c1-14(2)15-5-4-6-16(9-15)21-11-18-22(29-21)23(25-12-24-18)26(3)17-7-8-19-20(10-17)28-13-27-19/h4-12,14H,13H2,1-3H3. The number of benzene rings is 2. The fourth-order valence-corrected chi connectivity index (χ4v) is 4.62. The van der Waals surface area contributed by atoms with Gasteiger partial charge < -0.3 is 14.4 Å². The van der Waals surface area contributed by atoms with E-state index in [0.29, 0.717) is 5.92 Å². The zero-order chi connectivity index (χ0) is 20.0. The van der Waals surface area contributed by atoms with Gasteiger partial charge in [0.05, 0.1) is 10.2 Å². The topological polar surface area (TPSA) is 47.5 Å². The van der Waals surface area contributed by atoms with E-state index in [0.717, 1.165) is 33.2 Å². The van der Waals surface area contributed by atoms with Gasteiger partial charge in [-0.15, -0.1) is 11.3 Å². The van der Waals surface area contributed by atoms with Crippen molar-refractivity contribution in [1.82, 2.24) is 9.97 Å². The van der Waals surface area contributed by atoms with Crippen LogP contribution in [0.3, 0.4) is 0 Å². The third kappa shape index (κ3) is 3.19. The molecule has 146 valence electrons. The van der Waals surface area contributed by atoms with E-state index in [1.165, 1.54) is 16.0 Å². The van der Waals surface area contributed by atoms with E-state index < -0.39 is 0 Å². The van der Waals surface area contributed by atoms with Crippen molar-refractivity contribution in [2.24, 2.45) is 0 Å². The number of fused-ring (bicyclic) bond motifs is 2. The van der Waals surface area contributed by atoms with Crippen molar-refractivity contribution >= 4 is 33.1 Å². The highest BCUT2D eigenvalue weighted by molar-refractivity contribution is 7.22. The Balaban J connectivity index is 1.56. The molecule has 5 rings (SSSR count). The molecule has 0 radical (unpaired) electrons. The van der Waals surface area contributed by atoms with Crippen LogP contribution in [0, 0.1) is 0 Å². The minimum absolute atomic E-state index is 0.268. The van der Waals surface area contributed by atoms with Crippen LogP contribution in [0.1, 0.15) is 25.3 Å². The van der Waals surface area contributed by atoms with Crippen LogP contribution in [0.15, 0.2) is 54.9 Å². The number of rotatable bonds is 4. The number of anilines is 2. The Labute approximate surface area is 173 Å². The summed E-state index contributed by atoms with van der Waals surface area (Å²) in [7, 11) is 2.01. The van der Waals surface area contributed by atoms with Gasteiger partial charge in [-0.1, -0.05) is 38.1 Å². The van der Waals surface area contributed by atoms with Crippen LogP contribution < -0.4 is 14.4 Å². The molecule has 1 aliphatic rings. The highest BCUT2D eigenvalue weighted by atomic mass is 32.1. The molecule has 0 atom stereocenters. The van der Waals surface area contributed by atoms with Gasteiger partial charge in [0.1, 0.15) is 6.33 Å². The van der Waals surface area contributed by atoms with Crippen molar-refractivity contribution in [3.63, 3.8) is 0 Å². The van der Waals surface area contributed by atoms with E-state index >= 15 is 0 Å². The average molecular weight is 404 g/mol. The Morgan fingerprint density at radius 3 is 2.72 bits per heavy atom. The summed E-state index contributed by atoms with van der Waals surface area (Å²) in [5.74, 6) is 2.91. The lowest BCUT2D eigenvalue weighted by Crippen LogP contribution is -2.11. The van der Waals surface area contributed by atoms with Crippen molar-refractivity contribution in [2.75, 3.05) is 18.7 Å². The number of ether oxygens (including phenoxy) is 2. The zero-order valence-electron chi connectivity index (χ0n) is 16.5. The molecule has 0 saturated heterocycles. The fraction of sp³-hybridized carbons (Fsp3) is 0.217. The molecular formula is C23H21N3O2S. The maximum atomic E-state index is 5.53. The molecule has 0 aliphatic carbocycles. The summed E-state index contributed by atoms with van der Waals surface area (Å²) in [4.78, 5) is 12.4. The zero-order valence-corrected chi connectivity index (χ0v) is 17.4. The Morgan fingerprint density at radius 2 is 1.86 bits per heavy atom. The number of aromatic nitrogens is 2. The van der Waals surface area contributed by atoms with E-state index in [2.05, 4.69) is 59.0 Å². The molecule has 2 aromatic carbocycles. The van der Waals surface area contributed by atoms with Gasteiger partial charge >= 0.3 is 0 Å². The van der Waals surface area contributed by atoms with Crippen LogP contribution in [-0.4, -0.2) is 23.8 Å². The number of thiophene rings is 1. The van der Waals surface area contributed by atoms with Gasteiger partial charge in [0.25, 0.3) is 0 Å². The van der Waals surface area contributed by atoms with Crippen LogP contribution >= 0.6 is 11.3 Å². The van der Waals surface area contributed by atoms with Crippen LogP contribution in [0.25, 0.3) is 20.7 Å². The second kappa shape index (κ2) is 7.04. The first-order valence-electron chi connectivity index (χ1n) is 9.58. The van der Waals surface area contributed by atoms with Crippen LogP contribution in [0.5, 0.6) is 11.5 Å². The number of hydrogen-bond donors (Lipinski definition) is 0. The first kappa shape index (κ1) is 17.9. The van der Waals surface area contributed by atoms with E-state index in [1.54, 1.807) is 17.7 Å². The van der Waals surface area contributed by atoms with Gasteiger partial charge in [-0.25, -0.2) is 9.97 Å². The highest BCUT2D eigenvalue weighted by Crippen LogP contribution is 2.41. The summed E-state index contributed by atoms with van der Waals surface area (Å²) < 4.78 is 12.0. The van der Waals surface area contributed by atoms with E-state index in [9.17, 15) is 0 Å². The maximum Gasteiger partial charge on any atom is 0.231 e. The van der Waals surface area contributed by atoms with Gasteiger partial charge in [-0.3, -0.25) is 0 Å². The van der Waals surface area contributed by atoms with Crippen LogP contribution in [-0.2, 0) is 0 Å². The Hall–Kier alpha value is -3.12. The Bertz CT molecular complexity index is 1200. The SMILES string of the molecule is CC(C)c1cccc(-c2cc3ncnc(N(C)c4ccc5c(c4)OCO5)c3s2)c1. The molecule has 0 N–H and O–H groups in total. The van der Waals surface area contributed by atoms with Gasteiger partial charge in [0.15, 0.2) is 17.3 Å². The van der Waals surface area contributed by atoms with Crippen molar-refractivity contribution in [1.29, 1.82) is 0 Å². The van der Waals surface area contributed by atoms with E-state index in [-0.39, 0.29) is 6.79 Å². The lowest BCUT2D eigenvalue weighted by atomic mass is 10.0. The molecule has 0 fully saturated rings. The molecule has 1 aliphatic heterocycles. The summed E-state index contributed by atoms with van der Waals surface area (Å²) in [6, 6.07) is 16.8. The lowest BCUT2D eigenvalue weighted by Gasteiger charge is -2.19. The molecule has 6 heteroatoms. The van der Waals surface area contributed by atoms with Crippen molar-refractivity contribution < 1.29 is 9.47 Å². The first-order valence-corrected chi connectivity index (χ1v) is 10.4. The average Bonchev–Trinajstić information content (AvgIpc) is 3.39.